The summed E-state index contributed by atoms with van der Waals surface area (Å²) < 4.78 is 7.23. The molecule has 1 atom stereocenters. The Morgan fingerprint density at radius 3 is 2.28 bits per heavy atom. The summed E-state index contributed by atoms with van der Waals surface area (Å²) in [4.78, 5) is 38.1. The predicted molar refractivity (Wildman–Crippen MR) is 126 cm³/mol. The molecule has 1 aromatic rings. The number of hydrogen-bond donors (Lipinski definition) is 2. The maximum absolute atomic E-state index is 12.9. The first-order valence-electron chi connectivity index (χ1n) is 11.7. The Morgan fingerprint density at radius 2 is 1.75 bits per heavy atom. The van der Waals surface area contributed by atoms with Crippen molar-refractivity contribution in [1.82, 2.24) is 15.1 Å². The topological polar surface area (TPSA) is 102 Å². The van der Waals surface area contributed by atoms with Gasteiger partial charge in [-0.25, -0.2) is 9.48 Å². The standard InChI is InChI=1S/C24H42N4O4/c1-9-10-11-18(26-23(31)32-21(16(2)3)17(4)5)20(29)22(30)27-19-12-14-25-28(19)15-13-24(6,7)8/h12,14,16-18,21H,9-11,13,15H2,1-8H3,(H,26,31)(H,27,30)/t18-/m0/s1. The van der Waals surface area contributed by atoms with Gasteiger partial charge in [-0.15, -0.1) is 0 Å². The van der Waals surface area contributed by atoms with Crippen LogP contribution in [0.3, 0.4) is 0 Å². The fourth-order valence-corrected chi connectivity index (χ4v) is 3.41. The minimum absolute atomic E-state index is 0.114. The number of aryl methyl sites for hydroxylation is 1. The first kappa shape index (κ1) is 27.7. The number of anilines is 1. The van der Waals surface area contributed by atoms with Gasteiger partial charge in [0.15, 0.2) is 0 Å². The van der Waals surface area contributed by atoms with Crippen LogP contribution < -0.4 is 10.6 Å². The van der Waals surface area contributed by atoms with Crippen LogP contribution in [0.25, 0.3) is 0 Å². The first-order chi connectivity index (χ1) is 14.9. The molecule has 8 nitrogen and oxygen atoms in total. The van der Waals surface area contributed by atoms with Crippen molar-refractivity contribution in [3.05, 3.63) is 12.3 Å². The number of carbonyl (C=O) groups is 3. The van der Waals surface area contributed by atoms with E-state index in [2.05, 4.69) is 36.5 Å². The molecule has 0 aliphatic carbocycles. The minimum atomic E-state index is -0.937. The average molecular weight is 451 g/mol. The van der Waals surface area contributed by atoms with E-state index in [0.29, 0.717) is 25.2 Å². The Labute approximate surface area is 192 Å². The Kier molecular flexibility index (Phi) is 10.9. The predicted octanol–water partition coefficient (Wildman–Crippen LogP) is 4.79. The van der Waals surface area contributed by atoms with Crippen LogP contribution in [0.2, 0.25) is 0 Å². The highest BCUT2D eigenvalue weighted by Crippen LogP contribution is 2.21. The summed E-state index contributed by atoms with van der Waals surface area (Å²) in [5, 5.41) is 9.51. The van der Waals surface area contributed by atoms with E-state index in [4.69, 9.17) is 4.74 Å². The fraction of sp³-hybridized carbons (Fsp3) is 0.750. The number of hydrogen-bond acceptors (Lipinski definition) is 5. The monoisotopic (exact) mass is 450 g/mol. The van der Waals surface area contributed by atoms with Crippen molar-refractivity contribution in [1.29, 1.82) is 0 Å². The average Bonchev–Trinajstić information content (AvgIpc) is 3.13. The lowest BCUT2D eigenvalue weighted by molar-refractivity contribution is -0.136. The van der Waals surface area contributed by atoms with E-state index in [1.165, 1.54) is 0 Å². The van der Waals surface area contributed by atoms with E-state index in [1.807, 2.05) is 34.6 Å². The Balaban J connectivity index is 2.84. The molecular weight excluding hydrogens is 408 g/mol. The van der Waals surface area contributed by atoms with E-state index in [9.17, 15) is 14.4 Å². The molecule has 1 aromatic heterocycles. The van der Waals surface area contributed by atoms with Gasteiger partial charge < -0.3 is 15.4 Å². The second kappa shape index (κ2) is 12.6. The third-order valence-corrected chi connectivity index (χ3v) is 5.27. The zero-order valence-electron chi connectivity index (χ0n) is 21.0. The SMILES string of the molecule is CCCC[C@H](NC(=O)OC(C(C)C)C(C)C)C(=O)C(=O)Nc1ccnn1CCC(C)(C)C. The summed E-state index contributed by atoms with van der Waals surface area (Å²) in [6, 6.07) is 0.722. The van der Waals surface area contributed by atoms with Crippen molar-refractivity contribution in [2.75, 3.05) is 5.32 Å². The molecule has 182 valence electrons. The molecule has 0 spiro atoms. The van der Waals surface area contributed by atoms with Crippen molar-refractivity contribution in [3.8, 4) is 0 Å². The number of carbonyl (C=O) groups excluding carboxylic acids is 3. The summed E-state index contributed by atoms with van der Waals surface area (Å²) in [5.74, 6) is -0.716. The Hall–Kier alpha value is -2.38. The summed E-state index contributed by atoms with van der Waals surface area (Å²) >= 11 is 0. The van der Waals surface area contributed by atoms with Crippen molar-refractivity contribution >= 4 is 23.6 Å². The van der Waals surface area contributed by atoms with Gasteiger partial charge in [-0.2, -0.15) is 5.10 Å². The number of amides is 2. The molecule has 0 unspecified atom stereocenters. The molecule has 8 heteroatoms. The van der Waals surface area contributed by atoms with Gasteiger partial charge in [0.05, 0.1) is 6.20 Å². The highest BCUT2D eigenvalue weighted by molar-refractivity contribution is 6.42. The van der Waals surface area contributed by atoms with Crippen LogP contribution in [0.1, 0.15) is 81.1 Å². The van der Waals surface area contributed by atoms with Gasteiger partial charge in [0.2, 0.25) is 5.78 Å². The molecule has 0 aliphatic rings. The smallest absolute Gasteiger partial charge is 0.408 e. The number of nitrogens with one attached hydrogen (secondary N) is 2. The van der Waals surface area contributed by atoms with Crippen LogP contribution >= 0.6 is 0 Å². The van der Waals surface area contributed by atoms with Crippen molar-refractivity contribution in [2.45, 2.75) is 99.8 Å². The molecule has 0 fully saturated rings. The third-order valence-electron chi connectivity index (χ3n) is 5.27. The maximum Gasteiger partial charge on any atom is 0.408 e. The van der Waals surface area contributed by atoms with Gasteiger partial charge in [-0.05, 0) is 30.1 Å². The number of unbranched alkanes of at least 4 members (excludes halogenated alkanes) is 1. The molecule has 2 amide bonds. The maximum atomic E-state index is 12.9. The van der Waals surface area contributed by atoms with Crippen LogP contribution in [0.4, 0.5) is 10.6 Å². The van der Waals surface area contributed by atoms with Crippen LogP contribution in [0, 0.1) is 17.3 Å². The van der Waals surface area contributed by atoms with Gasteiger partial charge in [0.25, 0.3) is 5.91 Å². The molecule has 0 bridgehead atoms. The van der Waals surface area contributed by atoms with E-state index >= 15 is 0 Å². The van der Waals surface area contributed by atoms with Gasteiger partial charge in [0.1, 0.15) is 18.0 Å². The molecule has 0 aliphatic heterocycles. The second-order valence-corrected chi connectivity index (χ2v) is 10.3. The molecule has 0 saturated carbocycles. The Bertz CT molecular complexity index is 741. The molecule has 1 rings (SSSR count). The third kappa shape index (κ3) is 9.40. The lowest BCUT2D eigenvalue weighted by Crippen LogP contribution is -2.47. The molecule has 2 N–H and O–H groups in total. The number of alkyl carbamates (subject to hydrolysis) is 1. The van der Waals surface area contributed by atoms with Crippen molar-refractivity contribution in [2.24, 2.45) is 17.3 Å². The van der Waals surface area contributed by atoms with Crippen molar-refractivity contribution in [3.63, 3.8) is 0 Å². The number of aromatic nitrogens is 2. The van der Waals surface area contributed by atoms with Crippen LogP contribution in [0.5, 0.6) is 0 Å². The van der Waals surface area contributed by atoms with Gasteiger partial charge in [-0.3, -0.25) is 9.59 Å². The van der Waals surface area contributed by atoms with E-state index in [1.54, 1.807) is 16.9 Å². The zero-order valence-corrected chi connectivity index (χ0v) is 21.0. The van der Waals surface area contributed by atoms with E-state index in [0.717, 1.165) is 12.8 Å². The minimum Gasteiger partial charge on any atom is -0.446 e. The van der Waals surface area contributed by atoms with Crippen LogP contribution in [-0.4, -0.2) is 39.7 Å². The summed E-state index contributed by atoms with van der Waals surface area (Å²) in [6.07, 6.45) is 3.41. The highest BCUT2D eigenvalue weighted by atomic mass is 16.6. The largest absolute Gasteiger partial charge is 0.446 e. The fourth-order valence-electron chi connectivity index (χ4n) is 3.41. The lowest BCUT2D eigenvalue weighted by atomic mass is 9.92. The van der Waals surface area contributed by atoms with Crippen LogP contribution in [0.15, 0.2) is 12.3 Å². The zero-order chi connectivity index (χ0) is 24.5. The first-order valence-corrected chi connectivity index (χ1v) is 11.7. The number of rotatable bonds is 12. The lowest BCUT2D eigenvalue weighted by Gasteiger charge is -2.26. The summed E-state index contributed by atoms with van der Waals surface area (Å²) in [5.41, 5.74) is 0.114. The van der Waals surface area contributed by atoms with Gasteiger partial charge >= 0.3 is 6.09 Å². The molecular formula is C24H42N4O4. The molecule has 32 heavy (non-hydrogen) atoms. The van der Waals surface area contributed by atoms with Gasteiger partial charge in [0, 0.05) is 12.6 Å². The molecule has 0 aromatic carbocycles. The summed E-state index contributed by atoms with van der Waals surface area (Å²) in [6.45, 7) is 16.9. The Morgan fingerprint density at radius 1 is 1.12 bits per heavy atom. The second-order valence-electron chi connectivity index (χ2n) is 10.3. The van der Waals surface area contributed by atoms with E-state index in [-0.39, 0.29) is 23.4 Å². The van der Waals surface area contributed by atoms with Gasteiger partial charge in [-0.1, -0.05) is 68.2 Å². The molecule has 1 heterocycles. The summed E-state index contributed by atoms with van der Waals surface area (Å²) in [7, 11) is 0. The van der Waals surface area contributed by atoms with Crippen LogP contribution in [-0.2, 0) is 20.9 Å². The van der Waals surface area contributed by atoms with E-state index < -0.39 is 23.8 Å². The number of ketones is 1. The normalized spacial score (nSPS) is 12.8. The highest BCUT2D eigenvalue weighted by Gasteiger charge is 2.29. The molecule has 0 radical (unpaired) electrons. The number of Topliss-reactive ketones (excluding diaryl/α,β-unsaturated/α-hetero) is 1. The molecule has 0 saturated heterocycles. The number of ether oxygens (including phenoxy) is 1. The quantitative estimate of drug-likeness (QED) is 0.446. The number of nitrogens with zero attached hydrogens (tertiary/aromatic N) is 2. The van der Waals surface area contributed by atoms with Crippen molar-refractivity contribution < 1.29 is 19.1 Å².